The summed E-state index contributed by atoms with van der Waals surface area (Å²) in [6.07, 6.45) is 0. The first-order valence-corrected chi connectivity index (χ1v) is 2.76. The van der Waals surface area contributed by atoms with E-state index >= 15 is 0 Å². The number of carbonyl (C=O) groups excluding carboxylic acids is 2. The molecule has 0 aromatic rings. The van der Waals surface area contributed by atoms with Crippen molar-refractivity contribution in [3.05, 3.63) is 4.91 Å². The van der Waals surface area contributed by atoms with E-state index in [2.05, 4.69) is 5.32 Å². The van der Waals surface area contributed by atoms with Crippen molar-refractivity contribution in [2.75, 3.05) is 0 Å². The van der Waals surface area contributed by atoms with E-state index in [1.807, 2.05) is 5.18 Å². The lowest BCUT2D eigenvalue weighted by atomic mass is 10.4. The second-order valence-corrected chi connectivity index (χ2v) is 2.02. The molecule has 0 spiro atoms. The van der Waals surface area contributed by atoms with Crippen LogP contribution in [0.3, 0.4) is 0 Å². The normalized spacial score (nSPS) is 9.10. The average molecular weight is 144 g/mol. The highest BCUT2D eigenvalue weighted by molar-refractivity contribution is 6.35. The van der Waals surface area contributed by atoms with Crippen molar-refractivity contribution in [2.45, 2.75) is 19.9 Å². The monoisotopic (exact) mass is 144 g/mol. The van der Waals surface area contributed by atoms with Crippen molar-refractivity contribution in [1.82, 2.24) is 5.32 Å². The molecule has 0 aliphatic carbocycles. The van der Waals surface area contributed by atoms with Gasteiger partial charge >= 0.3 is 11.8 Å². The number of nitroso groups, excluding NO2 is 1. The van der Waals surface area contributed by atoms with E-state index in [9.17, 15) is 14.5 Å². The Morgan fingerprint density at radius 2 is 1.90 bits per heavy atom. The Balaban J connectivity index is 3.85. The first kappa shape index (κ1) is 8.74. The minimum atomic E-state index is -1.28. The molecule has 0 saturated heterocycles. The van der Waals surface area contributed by atoms with Gasteiger partial charge in [0.25, 0.3) is 0 Å². The van der Waals surface area contributed by atoms with Crippen molar-refractivity contribution >= 4 is 11.8 Å². The molecule has 0 aliphatic heterocycles. The molecule has 56 valence electrons. The van der Waals surface area contributed by atoms with E-state index in [1.165, 1.54) is 0 Å². The SMILES string of the molecule is CC(C)NC(=O)C(=O)N=O. The molecule has 0 fully saturated rings. The summed E-state index contributed by atoms with van der Waals surface area (Å²) in [6, 6.07) is -0.154. The molecule has 1 N–H and O–H groups in total. The van der Waals surface area contributed by atoms with Crippen molar-refractivity contribution in [3.63, 3.8) is 0 Å². The summed E-state index contributed by atoms with van der Waals surface area (Å²) >= 11 is 0. The summed E-state index contributed by atoms with van der Waals surface area (Å²) < 4.78 is 0. The van der Waals surface area contributed by atoms with E-state index in [4.69, 9.17) is 0 Å². The number of nitrogens with one attached hydrogen (secondary N) is 1. The van der Waals surface area contributed by atoms with Gasteiger partial charge in [0.1, 0.15) is 0 Å². The number of nitrogens with zero attached hydrogens (tertiary/aromatic N) is 1. The molecule has 0 heterocycles. The molecule has 0 unspecified atom stereocenters. The topological polar surface area (TPSA) is 75.6 Å². The fourth-order valence-electron chi connectivity index (χ4n) is 0.365. The summed E-state index contributed by atoms with van der Waals surface area (Å²) in [5.41, 5.74) is 0. The van der Waals surface area contributed by atoms with Crippen LogP contribution in [0.25, 0.3) is 0 Å². The second-order valence-electron chi connectivity index (χ2n) is 2.02. The molecular formula is C5H8N2O3. The second kappa shape index (κ2) is 3.71. The van der Waals surface area contributed by atoms with Crippen LogP contribution in [0.15, 0.2) is 5.18 Å². The van der Waals surface area contributed by atoms with Gasteiger partial charge in [-0.2, -0.15) is 0 Å². The molecule has 0 radical (unpaired) electrons. The number of hydrogen-bond acceptors (Lipinski definition) is 3. The van der Waals surface area contributed by atoms with Crippen molar-refractivity contribution in [3.8, 4) is 0 Å². The van der Waals surface area contributed by atoms with Crippen LogP contribution in [-0.4, -0.2) is 17.9 Å². The maximum Gasteiger partial charge on any atom is 0.373 e. The van der Waals surface area contributed by atoms with E-state index in [-0.39, 0.29) is 6.04 Å². The number of carbonyl (C=O) groups is 2. The van der Waals surface area contributed by atoms with Crippen LogP contribution in [0.2, 0.25) is 0 Å². The zero-order valence-corrected chi connectivity index (χ0v) is 5.75. The Morgan fingerprint density at radius 1 is 1.40 bits per heavy atom. The first-order valence-electron chi connectivity index (χ1n) is 2.76. The Hall–Kier alpha value is -1.26. The van der Waals surface area contributed by atoms with E-state index in [1.54, 1.807) is 13.8 Å². The van der Waals surface area contributed by atoms with Gasteiger partial charge in [-0.25, -0.2) is 0 Å². The molecule has 0 saturated carbocycles. The van der Waals surface area contributed by atoms with Gasteiger partial charge < -0.3 is 5.32 Å². The van der Waals surface area contributed by atoms with Crippen LogP contribution in [0.4, 0.5) is 0 Å². The Morgan fingerprint density at radius 3 is 2.20 bits per heavy atom. The molecule has 5 heteroatoms. The third kappa shape index (κ3) is 2.91. The van der Waals surface area contributed by atoms with Crippen molar-refractivity contribution < 1.29 is 9.59 Å². The minimum Gasteiger partial charge on any atom is -0.345 e. The van der Waals surface area contributed by atoms with Gasteiger partial charge in [-0.3, -0.25) is 9.59 Å². The van der Waals surface area contributed by atoms with Gasteiger partial charge in [-0.15, -0.1) is 4.91 Å². The standard InChI is InChI=1S/C5H8N2O3/c1-3(2)6-4(8)5(9)7-10/h3H,1-2H3,(H,6,8). The third-order valence-electron chi connectivity index (χ3n) is 0.697. The molecule has 0 aromatic heterocycles. The summed E-state index contributed by atoms with van der Waals surface area (Å²) in [5, 5.41) is 4.15. The van der Waals surface area contributed by atoms with Gasteiger partial charge in [0.15, 0.2) is 0 Å². The highest BCUT2D eigenvalue weighted by Crippen LogP contribution is 1.79. The molecule has 0 atom stereocenters. The first-order chi connectivity index (χ1) is 4.57. The smallest absolute Gasteiger partial charge is 0.345 e. The predicted octanol–water partition coefficient (Wildman–Crippen LogP) is -0.196. The summed E-state index contributed by atoms with van der Waals surface area (Å²) in [7, 11) is 0. The van der Waals surface area contributed by atoms with Crippen LogP contribution in [0.5, 0.6) is 0 Å². The lowest BCUT2D eigenvalue weighted by Gasteiger charge is -2.02. The van der Waals surface area contributed by atoms with Crippen LogP contribution >= 0.6 is 0 Å². The molecule has 0 aliphatic rings. The van der Waals surface area contributed by atoms with Crippen molar-refractivity contribution in [1.29, 1.82) is 0 Å². The third-order valence-corrected chi connectivity index (χ3v) is 0.697. The lowest BCUT2D eigenvalue weighted by molar-refractivity contribution is -0.137. The fourth-order valence-corrected chi connectivity index (χ4v) is 0.365. The Kier molecular flexibility index (Phi) is 3.24. The zero-order valence-electron chi connectivity index (χ0n) is 5.75. The lowest BCUT2D eigenvalue weighted by Crippen LogP contribution is -2.34. The van der Waals surface area contributed by atoms with E-state index in [0.29, 0.717) is 0 Å². The maximum absolute atomic E-state index is 10.4. The number of rotatable bonds is 1. The number of amides is 2. The Labute approximate surface area is 57.8 Å². The Bertz CT molecular complexity index is 164. The fraction of sp³-hybridized carbons (Fsp3) is 0.600. The maximum atomic E-state index is 10.4. The molecule has 0 aromatic carbocycles. The summed E-state index contributed by atoms with van der Waals surface area (Å²) in [4.78, 5) is 30.1. The number of hydrogen-bond donors (Lipinski definition) is 1. The predicted molar refractivity (Wildman–Crippen MR) is 34.1 cm³/mol. The molecule has 2 amide bonds. The zero-order chi connectivity index (χ0) is 8.15. The van der Waals surface area contributed by atoms with E-state index < -0.39 is 11.8 Å². The van der Waals surface area contributed by atoms with Crippen LogP contribution in [-0.2, 0) is 9.59 Å². The molecule has 10 heavy (non-hydrogen) atoms. The quantitative estimate of drug-likeness (QED) is 0.409. The van der Waals surface area contributed by atoms with Crippen LogP contribution < -0.4 is 5.32 Å². The van der Waals surface area contributed by atoms with Crippen molar-refractivity contribution in [2.24, 2.45) is 5.18 Å². The minimum absolute atomic E-state index is 0.154. The highest BCUT2D eigenvalue weighted by atomic mass is 16.3. The molecule has 0 bridgehead atoms. The largest absolute Gasteiger partial charge is 0.373 e. The van der Waals surface area contributed by atoms with Gasteiger partial charge in [0.2, 0.25) is 0 Å². The highest BCUT2D eigenvalue weighted by Gasteiger charge is 2.13. The molecule has 0 rings (SSSR count). The van der Waals surface area contributed by atoms with Crippen LogP contribution in [0, 0.1) is 4.91 Å². The average Bonchev–Trinajstić information content (AvgIpc) is 1.85. The molecule has 5 nitrogen and oxygen atoms in total. The van der Waals surface area contributed by atoms with Crippen LogP contribution in [0.1, 0.15) is 13.8 Å². The van der Waals surface area contributed by atoms with E-state index in [0.717, 1.165) is 0 Å². The van der Waals surface area contributed by atoms with Gasteiger partial charge in [-0.1, -0.05) is 0 Å². The summed E-state index contributed by atoms with van der Waals surface area (Å²) in [5.74, 6) is -2.24. The van der Waals surface area contributed by atoms with Gasteiger partial charge in [0.05, 0.1) is 0 Å². The van der Waals surface area contributed by atoms with Gasteiger partial charge in [-0.05, 0) is 13.8 Å². The van der Waals surface area contributed by atoms with Gasteiger partial charge in [0, 0.05) is 11.2 Å². The molecular weight excluding hydrogens is 136 g/mol. The summed E-state index contributed by atoms with van der Waals surface area (Å²) in [6.45, 7) is 3.35.